The van der Waals surface area contributed by atoms with Crippen LogP contribution < -0.4 is 0 Å². The molecule has 0 aliphatic rings. The van der Waals surface area contributed by atoms with Gasteiger partial charge in [-0.15, -0.1) is 0 Å². The molecule has 0 heterocycles. The highest BCUT2D eigenvalue weighted by molar-refractivity contribution is 5.96. The Balaban J connectivity index is 2.57. The molecule has 0 aliphatic carbocycles. The fourth-order valence-electron chi connectivity index (χ4n) is 1.93. The summed E-state index contributed by atoms with van der Waals surface area (Å²) >= 11 is 0. The summed E-state index contributed by atoms with van der Waals surface area (Å²) in [6.45, 7) is 0. The number of hydrogen-bond donors (Lipinski definition) is 2. The van der Waals surface area contributed by atoms with E-state index in [0.29, 0.717) is 5.56 Å². The number of carboxylic acid groups (broad SMARTS) is 2. The van der Waals surface area contributed by atoms with E-state index in [1.807, 2.05) is 30.3 Å². The lowest BCUT2D eigenvalue weighted by molar-refractivity contribution is -0.132. The Hall–Kier alpha value is -2.88. The van der Waals surface area contributed by atoms with Crippen molar-refractivity contribution in [3.05, 3.63) is 59.7 Å². The van der Waals surface area contributed by atoms with Gasteiger partial charge >= 0.3 is 11.9 Å². The van der Waals surface area contributed by atoms with E-state index in [-0.39, 0.29) is 0 Å². The quantitative estimate of drug-likeness (QED) is 0.836. The van der Waals surface area contributed by atoms with Crippen LogP contribution in [-0.4, -0.2) is 22.2 Å². The smallest absolute Gasteiger partial charge is 0.328 e. The maximum Gasteiger partial charge on any atom is 0.328 e. The highest BCUT2D eigenvalue weighted by Gasteiger charge is 2.01. The van der Waals surface area contributed by atoms with Gasteiger partial charge in [0.05, 0.1) is 0 Å². The second kappa shape index (κ2) is 5.84. The van der Waals surface area contributed by atoms with E-state index in [1.165, 1.54) is 12.2 Å². The first-order chi connectivity index (χ1) is 9.56. The zero-order valence-electron chi connectivity index (χ0n) is 10.5. The molecule has 0 spiro atoms. The normalized spacial score (nSPS) is 11.4. The molecule has 4 heteroatoms. The first kappa shape index (κ1) is 13.5. The van der Waals surface area contributed by atoms with Crippen LogP contribution in [0.1, 0.15) is 11.1 Å². The van der Waals surface area contributed by atoms with Crippen molar-refractivity contribution in [2.45, 2.75) is 0 Å². The standard InChI is InChI=1S/C16H12O4/c17-15(18)7-5-11-9-12-3-1-2-4-14(12)13(10-11)6-8-16(19)20/h1-10H,(H,17,18)(H,19,20)/b7-5+,8-6+. The van der Waals surface area contributed by atoms with Gasteiger partial charge in [0, 0.05) is 12.2 Å². The topological polar surface area (TPSA) is 74.6 Å². The molecule has 2 N–H and O–H groups in total. The van der Waals surface area contributed by atoms with Crippen LogP contribution in [0.25, 0.3) is 22.9 Å². The van der Waals surface area contributed by atoms with Gasteiger partial charge in [-0.3, -0.25) is 0 Å². The fourth-order valence-corrected chi connectivity index (χ4v) is 1.93. The predicted octanol–water partition coefficient (Wildman–Crippen LogP) is 3.04. The molecular formula is C16H12O4. The molecule has 0 aromatic heterocycles. The predicted molar refractivity (Wildman–Crippen MR) is 77.3 cm³/mol. The second-order valence-electron chi connectivity index (χ2n) is 4.17. The zero-order chi connectivity index (χ0) is 14.5. The van der Waals surface area contributed by atoms with Crippen LogP contribution in [0, 0.1) is 0 Å². The van der Waals surface area contributed by atoms with Crippen molar-refractivity contribution in [2.75, 3.05) is 0 Å². The largest absolute Gasteiger partial charge is 0.478 e. The lowest BCUT2D eigenvalue weighted by atomic mass is 10.00. The Kier molecular flexibility index (Phi) is 3.96. The zero-order valence-corrected chi connectivity index (χ0v) is 10.5. The molecule has 2 rings (SSSR count). The van der Waals surface area contributed by atoms with Gasteiger partial charge in [0.1, 0.15) is 0 Å². The lowest BCUT2D eigenvalue weighted by Crippen LogP contribution is -1.88. The van der Waals surface area contributed by atoms with Crippen molar-refractivity contribution >= 4 is 34.9 Å². The molecule has 0 amide bonds. The van der Waals surface area contributed by atoms with Gasteiger partial charge in [-0.2, -0.15) is 0 Å². The third kappa shape index (κ3) is 3.32. The SMILES string of the molecule is O=C(O)/C=C/c1cc(/C=C/C(=O)O)c2ccccc2c1. The van der Waals surface area contributed by atoms with Gasteiger partial charge in [-0.25, -0.2) is 9.59 Å². The van der Waals surface area contributed by atoms with Crippen molar-refractivity contribution in [3.8, 4) is 0 Å². The van der Waals surface area contributed by atoms with Gasteiger partial charge in [0.2, 0.25) is 0 Å². The Morgan fingerprint density at radius 1 is 0.900 bits per heavy atom. The molecule has 0 saturated heterocycles. The number of fused-ring (bicyclic) bond motifs is 1. The van der Waals surface area contributed by atoms with E-state index in [0.717, 1.165) is 28.5 Å². The van der Waals surface area contributed by atoms with E-state index < -0.39 is 11.9 Å². The molecule has 0 unspecified atom stereocenters. The molecule has 20 heavy (non-hydrogen) atoms. The summed E-state index contributed by atoms with van der Waals surface area (Å²) in [7, 11) is 0. The van der Waals surface area contributed by atoms with Gasteiger partial charge < -0.3 is 10.2 Å². The molecule has 100 valence electrons. The number of carbonyl (C=O) groups is 2. The van der Waals surface area contributed by atoms with Crippen LogP contribution >= 0.6 is 0 Å². The van der Waals surface area contributed by atoms with Crippen LogP contribution in [0.5, 0.6) is 0 Å². The third-order valence-electron chi connectivity index (χ3n) is 2.74. The highest BCUT2D eigenvalue weighted by Crippen LogP contribution is 2.23. The van der Waals surface area contributed by atoms with Crippen LogP contribution in [0.2, 0.25) is 0 Å². The average molecular weight is 268 g/mol. The molecule has 2 aromatic rings. The maximum absolute atomic E-state index is 10.6. The van der Waals surface area contributed by atoms with Crippen molar-refractivity contribution in [2.24, 2.45) is 0 Å². The minimum absolute atomic E-state index is 0.705. The van der Waals surface area contributed by atoms with E-state index in [2.05, 4.69) is 0 Å². The minimum atomic E-state index is -1.03. The summed E-state index contributed by atoms with van der Waals surface area (Å²) in [5.74, 6) is -2.05. The van der Waals surface area contributed by atoms with Crippen LogP contribution in [0.3, 0.4) is 0 Å². The van der Waals surface area contributed by atoms with Crippen molar-refractivity contribution in [1.29, 1.82) is 0 Å². The molecule has 0 fully saturated rings. The van der Waals surface area contributed by atoms with E-state index in [4.69, 9.17) is 10.2 Å². The third-order valence-corrected chi connectivity index (χ3v) is 2.74. The van der Waals surface area contributed by atoms with Crippen molar-refractivity contribution in [3.63, 3.8) is 0 Å². The summed E-state index contributed by atoms with van der Waals surface area (Å²) in [4.78, 5) is 21.2. The monoisotopic (exact) mass is 268 g/mol. The summed E-state index contributed by atoms with van der Waals surface area (Å²) in [5.41, 5.74) is 1.44. The fraction of sp³-hybridized carbons (Fsp3) is 0. The van der Waals surface area contributed by atoms with Gasteiger partial charge in [0.25, 0.3) is 0 Å². The summed E-state index contributed by atoms with van der Waals surface area (Å²) in [6.07, 6.45) is 5.09. The Labute approximate surface area is 115 Å². The Morgan fingerprint density at radius 2 is 1.55 bits per heavy atom. The Morgan fingerprint density at radius 3 is 2.25 bits per heavy atom. The highest BCUT2D eigenvalue weighted by atomic mass is 16.4. The Bertz CT molecular complexity index is 726. The van der Waals surface area contributed by atoms with Crippen LogP contribution in [-0.2, 0) is 9.59 Å². The summed E-state index contributed by atoms with van der Waals surface area (Å²) in [6, 6.07) is 11.1. The molecule has 0 saturated carbocycles. The van der Waals surface area contributed by atoms with E-state index >= 15 is 0 Å². The van der Waals surface area contributed by atoms with Crippen molar-refractivity contribution < 1.29 is 19.8 Å². The lowest BCUT2D eigenvalue weighted by Gasteiger charge is -2.04. The molecule has 2 aromatic carbocycles. The maximum atomic E-state index is 10.6. The average Bonchev–Trinajstić information content (AvgIpc) is 2.42. The molecule has 0 bridgehead atoms. The van der Waals surface area contributed by atoms with Crippen LogP contribution in [0.4, 0.5) is 0 Å². The van der Waals surface area contributed by atoms with Gasteiger partial charge in [-0.1, -0.05) is 24.3 Å². The number of carboxylic acids is 2. The number of benzene rings is 2. The summed E-state index contributed by atoms with van der Waals surface area (Å²) in [5, 5.41) is 19.2. The van der Waals surface area contributed by atoms with Gasteiger partial charge in [-0.05, 0) is 46.2 Å². The molecule has 0 aliphatic heterocycles. The van der Waals surface area contributed by atoms with E-state index in [9.17, 15) is 9.59 Å². The first-order valence-corrected chi connectivity index (χ1v) is 5.91. The molecule has 4 nitrogen and oxygen atoms in total. The van der Waals surface area contributed by atoms with Crippen molar-refractivity contribution in [1.82, 2.24) is 0 Å². The number of rotatable bonds is 4. The second-order valence-corrected chi connectivity index (χ2v) is 4.17. The minimum Gasteiger partial charge on any atom is -0.478 e. The molecular weight excluding hydrogens is 256 g/mol. The van der Waals surface area contributed by atoms with Crippen LogP contribution in [0.15, 0.2) is 48.6 Å². The molecule has 0 atom stereocenters. The summed E-state index contributed by atoms with van der Waals surface area (Å²) < 4.78 is 0. The molecule has 0 radical (unpaired) electrons. The number of aliphatic carboxylic acids is 2. The van der Waals surface area contributed by atoms with Gasteiger partial charge in [0.15, 0.2) is 0 Å². The first-order valence-electron chi connectivity index (χ1n) is 5.91. The van der Waals surface area contributed by atoms with E-state index in [1.54, 1.807) is 6.07 Å². The number of hydrogen-bond acceptors (Lipinski definition) is 2.